The van der Waals surface area contributed by atoms with Crippen molar-refractivity contribution >= 4 is 0 Å². The molecule has 0 bridgehead atoms. The van der Waals surface area contributed by atoms with Crippen LogP contribution in [0.15, 0.2) is 24.3 Å². The molecule has 0 amide bonds. The van der Waals surface area contributed by atoms with Crippen molar-refractivity contribution in [3.63, 3.8) is 0 Å². The maximum Gasteiger partial charge on any atom is 0.0854 e. The molecule has 3 nitrogen and oxygen atoms in total. The molecule has 3 N–H and O–H groups in total. The Labute approximate surface area is 116 Å². The summed E-state index contributed by atoms with van der Waals surface area (Å²) in [6, 6.07) is 8.87. The third-order valence-electron chi connectivity index (χ3n) is 4.79. The van der Waals surface area contributed by atoms with E-state index in [2.05, 4.69) is 43.5 Å². The Balaban J connectivity index is 2.18. The van der Waals surface area contributed by atoms with Gasteiger partial charge in [0.1, 0.15) is 0 Å². The number of hydrogen-bond acceptors (Lipinski definition) is 3. The minimum Gasteiger partial charge on any atom is -0.376 e. The number of ether oxygens (including phenoxy) is 1. The Bertz CT molecular complexity index is 394. The first kappa shape index (κ1) is 14.5. The van der Waals surface area contributed by atoms with E-state index in [-0.39, 0.29) is 11.6 Å². The van der Waals surface area contributed by atoms with Gasteiger partial charge >= 0.3 is 0 Å². The van der Waals surface area contributed by atoms with Crippen LogP contribution in [0.4, 0.5) is 0 Å². The fraction of sp³-hybridized carbons (Fsp3) is 0.625. The van der Waals surface area contributed by atoms with Crippen molar-refractivity contribution in [3.05, 3.63) is 35.4 Å². The number of hydrogen-bond donors (Lipinski definition) is 2. The first-order chi connectivity index (χ1) is 9.14. The normalized spacial score (nSPS) is 20.6. The summed E-state index contributed by atoms with van der Waals surface area (Å²) in [7, 11) is 1.75. The van der Waals surface area contributed by atoms with Crippen LogP contribution >= 0.6 is 0 Å². The van der Waals surface area contributed by atoms with Crippen LogP contribution in [0.1, 0.15) is 62.6 Å². The summed E-state index contributed by atoms with van der Waals surface area (Å²) in [4.78, 5) is 0. The topological polar surface area (TPSA) is 47.3 Å². The summed E-state index contributed by atoms with van der Waals surface area (Å²) in [5.41, 5.74) is 5.28. The van der Waals surface area contributed by atoms with Crippen molar-refractivity contribution < 1.29 is 4.74 Å². The summed E-state index contributed by atoms with van der Waals surface area (Å²) < 4.78 is 5.66. The highest BCUT2D eigenvalue weighted by molar-refractivity contribution is 5.29. The highest BCUT2D eigenvalue weighted by atomic mass is 16.5. The van der Waals surface area contributed by atoms with Gasteiger partial charge in [0.15, 0.2) is 0 Å². The molecule has 1 aliphatic rings. The average molecular weight is 262 g/mol. The zero-order chi connectivity index (χ0) is 13.9. The van der Waals surface area contributed by atoms with Crippen LogP contribution in [-0.4, -0.2) is 12.7 Å². The zero-order valence-electron chi connectivity index (χ0n) is 12.3. The second-order valence-electron chi connectivity index (χ2n) is 5.76. The second kappa shape index (κ2) is 6.04. The lowest BCUT2D eigenvalue weighted by Gasteiger charge is -2.36. The van der Waals surface area contributed by atoms with Gasteiger partial charge in [-0.05, 0) is 43.2 Å². The molecule has 1 aromatic carbocycles. The molecule has 1 aromatic rings. The minimum absolute atomic E-state index is 0.0120. The van der Waals surface area contributed by atoms with E-state index >= 15 is 0 Å². The van der Waals surface area contributed by atoms with Crippen molar-refractivity contribution in [2.45, 2.75) is 57.1 Å². The summed E-state index contributed by atoms with van der Waals surface area (Å²) in [6.07, 6.45) is 4.95. The standard InChI is InChI=1S/C16H26N2O/c1-4-16(2,19-3)15(18-17)14-10-8-13(9-11-14)12-6-5-7-12/h8-12,15,18H,4-7,17H2,1-3H3. The van der Waals surface area contributed by atoms with Gasteiger partial charge in [-0.2, -0.15) is 0 Å². The molecule has 19 heavy (non-hydrogen) atoms. The highest BCUT2D eigenvalue weighted by Crippen LogP contribution is 2.37. The van der Waals surface area contributed by atoms with Crippen molar-refractivity contribution in [1.29, 1.82) is 0 Å². The quantitative estimate of drug-likeness (QED) is 0.611. The smallest absolute Gasteiger partial charge is 0.0854 e. The number of methoxy groups -OCH3 is 1. The van der Waals surface area contributed by atoms with Gasteiger partial charge in [0.05, 0.1) is 11.6 Å². The lowest BCUT2D eigenvalue weighted by atomic mass is 9.79. The average Bonchev–Trinajstić information content (AvgIpc) is 2.39. The first-order valence-corrected chi connectivity index (χ1v) is 7.25. The molecule has 3 heteroatoms. The van der Waals surface area contributed by atoms with E-state index in [0.29, 0.717) is 0 Å². The van der Waals surface area contributed by atoms with E-state index in [4.69, 9.17) is 10.6 Å². The van der Waals surface area contributed by atoms with E-state index < -0.39 is 0 Å². The molecule has 0 radical (unpaired) electrons. The van der Waals surface area contributed by atoms with E-state index in [9.17, 15) is 0 Å². The minimum atomic E-state index is -0.285. The Kier molecular flexibility index (Phi) is 4.61. The van der Waals surface area contributed by atoms with Crippen molar-refractivity contribution in [2.24, 2.45) is 5.84 Å². The maximum atomic E-state index is 5.75. The second-order valence-corrected chi connectivity index (χ2v) is 5.76. The molecule has 1 saturated carbocycles. The van der Waals surface area contributed by atoms with Crippen molar-refractivity contribution in [1.82, 2.24) is 5.43 Å². The van der Waals surface area contributed by atoms with E-state index in [1.54, 1.807) is 7.11 Å². The predicted molar refractivity (Wildman–Crippen MR) is 78.8 cm³/mol. The van der Waals surface area contributed by atoms with Crippen LogP contribution in [0.3, 0.4) is 0 Å². The van der Waals surface area contributed by atoms with Gasteiger partial charge in [-0.15, -0.1) is 0 Å². The predicted octanol–water partition coefficient (Wildman–Crippen LogP) is 3.27. The Morgan fingerprint density at radius 1 is 1.37 bits per heavy atom. The fourth-order valence-electron chi connectivity index (χ4n) is 2.79. The molecular weight excluding hydrogens is 236 g/mol. The fourth-order valence-corrected chi connectivity index (χ4v) is 2.79. The number of nitrogens with two attached hydrogens (primary N) is 1. The van der Waals surface area contributed by atoms with Gasteiger partial charge in [0.25, 0.3) is 0 Å². The largest absolute Gasteiger partial charge is 0.376 e. The molecule has 1 aliphatic carbocycles. The van der Waals surface area contributed by atoms with Gasteiger partial charge < -0.3 is 4.74 Å². The molecule has 0 heterocycles. The summed E-state index contributed by atoms with van der Waals surface area (Å²) in [5, 5.41) is 0. The Hall–Kier alpha value is -0.900. The molecule has 1 fully saturated rings. The summed E-state index contributed by atoms with van der Waals surface area (Å²) in [5.74, 6) is 6.52. The molecular formula is C16H26N2O. The number of nitrogens with one attached hydrogen (secondary N) is 1. The maximum absolute atomic E-state index is 5.75. The summed E-state index contributed by atoms with van der Waals surface area (Å²) >= 11 is 0. The molecule has 2 rings (SSSR count). The lowest BCUT2D eigenvalue weighted by Crippen LogP contribution is -2.45. The molecule has 2 atom stereocenters. The van der Waals surface area contributed by atoms with Gasteiger partial charge in [-0.25, -0.2) is 0 Å². The van der Waals surface area contributed by atoms with Crippen LogP contribution in [0, 0.1) is 0 Å². The van der Waals surface area contributed by atoms with Gasteiger partial charge in [0, 0.05) is 7.11 Å². The van der Waals surface area contributed by atoms with E-state index in [1.807, 2.05) is 0 Å². The first-order valence-electron chi connectivity index (χ1n) is 7.25. The lowest BCUT2D eigenvalue weighted by molar-refractivity contribution is -0.0300. The highest BCUT2D eigenvalue weighted by Gasteiger charge is 2.33. The third kappa shape index (κ3) is 2.83. The molecule has 0 saturated heterocycles. The van der Waals surface area contributed by atoms with E-state index in [0.717, 1.165) is 12.3 Å². The van der Waals surface area contributed by atoms with Crippen molar-refractivity contribution in [3.8, 4) is 0 Å². The number of rotatable bonds is 6. The van der Waals surface area contributed by atoms with E-state index in [1.165, 1.54) is 30.4 Å². The van der Waals surface area contributed by atoms with Crippen LogP contribution in [-0.2, 0) is 4.74 Å². The van der Waals surface area contributed by atoms with Gasteiger partial charge in [0.2, 0.25) is 0 Å². The van der Waals surface area contributed by atoms with Crippen molar-refractivity contribution in [2.75, 3.05) is 7.11 Å². The Morgan fingerprint density at radius 3 is 2.37 bits per heavy atom. The van der Waals surface area contributed by atoms with Crippen LogP contribution in [0.5, 0.6) is 0 Å². The van der Waals surface area contributed by atoms with Gasteiger partial charge in [-0.1, -0.05) is 37.6 Å². The molecule has 2 unspecified atom stereocenters. The molecule has 0 aromatic heterocycles. The van der Waals surface area contributed by atoms with Crippen LogP contribution in [0.2, 0.25) is 0 Å². The molecule has 0 aliphatic heterocycles. The Morgan fingerprint density at radius 2 is 2.00 bits per heavy atom. The monoisotopic (exact) mass is 262 g/mol. The van der Waals surface area contributed by atoms with Crippen LogP contribution in [0.25, 0.3) is 0 Å². The molecule has 106 valence electrons. The SMILES string of the molecule is CCC(C)(OC)C(NN)c1ccc(C2CCC2)cc1. The number of hydrazine groups is 1. The van der Waals surface area contributed by atoms with Gasteiger partial charge in [-0.3, -0.25) is 11.3 Å². The van der Waals surface area contributed by atoms with Crippen LogP contribution < -0.4 is 11.3 Å². The summed E-state index contributed by atoms with van der Waals surface area (Å²) in [6.45, 7) is 4.22. The third-order valence-corrected chi connectivity index (χ3v) is 4.79. The zero-order valence-corrected chi connectivity index (χ0v) is 12.3. The number of benzene rings is 1. The molecule has 0 spiro atoms.